The Bertz CT molecular complexity index is 894. The molecule has 1 aromatic heterocycles. The predicted molar refractivity (Wildman–Crippen MR) is 111 cm³/mol. The summed E-state index contributed by atoms with van der Waals surface area (Å²) in [4.78, 5) is 6.47. The molecule has 7 nitrogen and oxygen atoms in total. The Labute approximate surface area is 171 Å². The lowest BCUT2D eigenvalue weighted by atomic mass is 9.92. The van der Waals surface area contributed by atoms with E-state index in [2.05, 4.69) is 29.8 Å². The van der Waals surface area contributed by atoms with Crippen LogP contribution in [-0.2, 0) is 0 Å². The number of hydrogen-bond donors (Lipinski definition) is 0. The molecule has 1 aromatic carbocycles. The molecule has 1 saturated heterocycles. The van der Waals surface area contributed by atoms with E-state index in [0.717, 1.165) is 18.7 Å². The van der Waals surface area contributed by atoms with Crippen molar-refractivity contribution in [2.45, 2.75) is 20.3 Å². The third-order valence-electron chi connectivity index (χ3n) is 4.99. The molecule has 0 saturated carbocycles. The standard InChI is InChI=1S/C22H27N3O4/c1-14-8-15(2)13-25(12-14)22-17(11-23)24-20(29-22)7-6-16-9-18(26-3)21(28-5)19(10-16)27-4/h6-7,9-10,14-15H,8,12-13H2,1-5H3/b7-6+/t14-,15+. The van der Waals surface area contributed by atoms with E-state index in [9.17, 15) is 5.26 Å². The molecule has 3 rings (SSSR count). The van der Waals surface area contributed by atoms with Gasteiger partial charge in [0.25, 0.3) is 0 Å². The highest BCUT2D eigenvalue weighted by Crippen LogP contribution is 2.38. The molecule has 0 unspecified atom stereocenters. The van der Waals surface area contributed by atoms with Crippen LogP contribution in [0.15, 0.2) is 16.5 Å². The van der Waals surface area contributed by atoms with Gasteiger partial charge in [0.2, 0.25) is 23.2 Å². The number of benzene rings is 1. The Kier molecular flexibility index (Phi) is 6.32. The number of methoxy groups -OCH3 is 3. The maximum absolute atomic E-state index is 9.50. The fourth-order valence-electron chi connectivity index (χ4n) is 3.88. The maximum atomic E-state index is 9.50. The van der Waals surface area contributed by atoms with Crippen molar-refractivity contribution in [2.24, 2.45) is 11.8 Å². The molecule has 2 atom stereocenters. The van der Waals surface area contributed by atoms with Crippen molar-refractivity contribution >= 4 is 18.0 Å². The lowest BCUT2D eigenvalue weighted by Gasteiger charge is -2.34. The molecule has 29 heavy (non-hydrogen) atoms. The zero-order valence-electron chi connectivity index (χ0n) is 17.6. The number of ether oxygens (including phenoxy) is 3. The molecule has 0 radical (unpaired) electrons. The molecule has 0 bridgehead atoms. The van der Waals surface area contributed by atoms with Gasteiger partial charge in [-0.25, -0.2) is 0 Å². The summed E-state index contributed by atoms with van der Waals surface area (Å²) in [6, 6.07) is 5.82. The van der Waals surface area contributed by atoms with Crippen LogP contribution in [-0.4, -0.2) is 39.4 Å². The molecule has 7 heteroatoms. The van der Waals surface area contributed by atoms with Crippen molar-refractivity contribution in [3.63, 3.8) is 0 Å². The highest BCUT2D eigenvalue weighted by Gasteiger charge is 2.27. The second kappa shape index (κ2) is 8.91. The first-order valence-electron chi connectivity index (χ1n) is 9.63. The zero-order valence-corrected chi connectivity index (χ0v) is 17.6. The van der Waals surface area contributed by atoms with Gasteiger partial charge in [0, 0.05) is 19.2 Å². The third kappa shape index (κ3) is 4.48. The SMILES string of the molecule is COc1cc(/C=C/c2nc(C#N)c(N3C[C@H](C)C[C@H](C)C3)o2)cc(OC)c1OC. The van der Waals surface area contributed by atoms with Crippen LogP contribution in [0.1, 0.15) is 37.4 Å². The second-order valence-electron chi connectivity index (χ2n) is 7.46. The predicted octanol–water partition coefficient (Wildman–Crippen LogP) is 4.22. The van der Waals surface area contributed by atoms with Crippen LogP contribution in [0.4, 0.5) is 5.88 Å². The second-order valence-corrected chi connectivity index (χ2v) is 7.46. The van der Waals surface area contributed by atoms with Crippen molar-refractivity contribution in [3.8, 4) is 23.3 Å². The van der Waals surface area contributed by atoms with Gasteiger partial charge in [-0.15, -0.1) is 0 Å². The minimum atomic E-state index is 0.316. The normalized spacial score (nSPS) is 19.2. The summed E-state index contributed by atoms with van der Waals surface area (Å²) in [6.07, 6.45) is 4.75. The van der Waals surface area contributed by atoms with Crippen molar-refractivity contribution in [1.29, 1.82) is 5.26 Å². The van der Waals surface area contributed by atoms with Gasteiger partial charge in [-0.1, -0.05) is 13.8 Å². The Hall–Kier alpha value is -3.14. The summed E-state index contributed by atoms with van der Waals surface area (Å²) in [5, 5.41) is 9.50. The Balaban J connectivity index is 1.88. The lowest BCUT2D eigenvalue weighted by Crippen LogP contribution is -2.38. The van der Waals surface area contributed by atoms with Crippen LogP contribution in [0.2, 0.25) is 0 Å². The van der Waals surface area contributed by atoms with Crippen LogP contribution in [0.25, 0.3) is 12.2 Å². The molecule has 1 aliphatic rings. The van der Waals surface area contributed by atoms with Crippen molar-refractivity contribution in [2.75, 3.05) is 39.3 Å². The van der Waals surface area contributed by atoms with E-state index in [1.54, 1.807) is 27.4 Å². The van der Waals surface area contributed by atoms with Gasteiger partial charge in [0.1, 0.15) is 6.07 Å². The van der Waals surface area contributed by atoms with Crippen LogP contribution in [0.5, 0.6) is 17.2 Å². The highest BCUT2D eigenvalue weighted by atomic mass is 16.5. The third-order valence-corrected chi connectivity index (χ3v) is 4.99. The maximum Gasteiger partial charge on any atom is 0.235 e. The lowest BCUT2D eigenvalue weighted by molar-refractivity contribution is 0.324. The number of nitrogens with zero attached hydrogens (tertiary/aromatic N) is 3. The molecule has 1 aliphatic heterocycles. The highest BCUT2D eigenvalue weighted by molar-refractivity contribution is 5.71. The van der Waals surface area contributed by atoms with Crippen LogP contribution in [0, 0.1) is 23.2 Å². The largest absolute Gasteiger partial charge is 0.493 e. The van der Waals surface area contributed by atoms with E-state index >= 15 is 0 Å². The fourth-order valence-corrected chi connectivity index (χ4v) is 3.88. The van der Waals surface area contributed by atoms with E-state index in [1.165, 1.54) is 6.42 Å². The number of hydrogen-bond acceptors (Lipinski definition) is 7. The van der Waals surface area contributed by atoms with E-state index in [1.807, 2.05) is 18.2 Å². The summed E-state index contributed by atoms with van der Waals surface area (Å²) in [6.45, 7) is 6.17. The number of rotatable bonds is 6. The van der Waals surface area contributed by atoms with Crippen LogP contribution in [0.3, 0.4) is 0 Å². The number of nitriles is 1. The first-order valence-corrected chi connectivity index (χ1v) is 9.63. The topological polar surface area (TPSA) is 80.8 Å². The summed E-state index contributed by atoms with van der Waals surface area (Å²) in [7, 11) is 4.71. The molecule has 0 amide bonds. The summed E-state index contributed by atoms with van der Waals surface area (Å²) >= 11 is 0. The Morgan fingerprint density at radius 3 is 2.21 bits per heavy atom. The van der Waals surface area contributed by atoms with E-state index < -0.39 is 0 Å². The molecular formula is C22H27N3O4. The minimum Gasteiger partial charge on any atom is -0.493 e. The molecule has 2 heterocycles. The van der Waals surface area contributed by atoms with Gasteiger partial charge in [-0.05, 0) is 42.0 Å². The quantitative estimate of drug-likeness (QED) is 0.722. The van der Waals surface area contributed by atoms with Gasteiger partial charge in [0.15, 0.2) is 11.5 Å². The molecule has 2 aromatic rings. The van der Waals surface area contributed by atoms with E-state index in [0.29, 0.717) is 46.6 Å². The Morgan fingerprint density at radius 2 is 1.69 bits per heavy atom. The van der Waals surface area contributed by atoms with Crippen LogP contribution >= 0.6 is 0 Å². The number of aromatic nitrogens is 1. The van der Waals surface area contributed by atoms with E-state index in [4.69, 9.17) is 18.6 Å². The average Bonchev–Trinajstić information content (AvgIpc) is 3.14. The molecule has 1 fully saturated rings. The fraction of sp³-hybridized carbons (Fsp3) is 0.455. The smallest absolute Gasteiger partial charge is 0.235 e. The molecule has 0 aliphatic carbocycles. The van der Waals surface area contributed by atoms with E-state index in [-0.39, 0.29) is 0 Å². The molecule has 0 N–H and O–H groups in total. The number of piperidine rings is 1. The molecule has 154 valence electrons. The molecule has 0 spiro atoms. The number of anilines is 1. The summed E-state index contributed by atoms with van der Waals surface area (Å²) in [5.74, 6) is 3.70. The van der Waals surface area contributed by atoms with Gasteiger partial charge in [-0.3, -0.25) is 0 Å². The van der Waals surface area contributed by atoms with Crippen molar-refractivity contribution in [3.05, 3.63) is 29.3 Å². The van der Waals surface area contributed by atoms with Gasteiger partial charge in [0.05, 0.1) is 21.3 Å². The first kappa shape index (κ1) is 20.6. The van der Waals surface area contributed by atoms with Gasteiger partial charge in [-0.2, -0.15) is 10.2 Å². The minimum absolute atomic E-state index is 0.316. The van der Waals surface area contributed by atoms with Crippen molar-refractivity contribution in [1.82, 2.24) is 4.98 Å². The van der Waals surface area contributed by atoms with Gasteiger partial charge >= 0.3 is 0 Å². The summed E-state index contributed by atoms with van der Waals surface area (Å²) in [5.41, 5.74) is 1.15. The zero-order chi connectivity index (χ0) is 21.0. The molecular weight excluding hydrogens is 370 g/mol. The van der Waals surface area contributed by atoms with Crippen LogP contribution < -0.4 is 19.1 Å². The first-order chi connectivity index (χ1) is 14.0. The number of oxazole rings is 1. The summed E-state index contributed by atoms with van der Waals surface area (Å²) < 4.78 is 22.1. The Morgan fingerprint density at radius 1 is 1.07 bits per heavy atom. The monoisotopic (exact) mass is 397 g/mol. The van der Waals surface area contributed by atoms with Crippen molar-refractivity contribution < 1.29 is 18.6 Å². The van der Waals surface area contributed by atoms with Gasteiger partial charge < -0.3 is 23.5 Å². The average molecular weight is 397 g/mol.